The predicted octanol–water partition coefficient (Wildman–Crippen LogP) is 3.56. The van der Waals surface area contributed by atoms with Crippen LogP contribution in [0.3, 0.4) is 0 Å². The van der Waals surface area contributed by atoms with Gasteiger partial charge in [-0.05, 0) is 37.3 Å². The van der Waals surface area contributed by atoms with Gasteiger partial charge in [-0.1, -0.05) is 36.4 Å². The molecule has 0 bridgehead atoms. The lowest BCUT2D eigenvalue weighted by molar-refractivity contribution is -0.127. The zero-order valence-electron chi connectivity index (χ0n) is 15.0. The molecule has 7 heteroatoms. The molecule has 1 atom stereocenters. The van der Waals surface area contributed by atoms with Gasteiger partial charge in [0.15, 0.2) is 6.10 Å². The molecule has 1 heterocycles. The number of para-hydroxylation sites is 1. The van der Waals surface area contributed by atoms with Crippen molar-refractivity contribution in [2.24, 2.45) is 5.10 Å². The lowest BCUT2D eigenvalue weighted by atomic mass is 10.1. The average molecular weight is 378 g/mol. The summed E-state index contributed by atoms with van der Waals surface area (Å²) in [6, 6.07) is 18.8. The van der Waals surface area contributed by atoms with E-state index in [1.807, 2.05) is 18.2 Å². The second-order valence-corrected chi connectivity index (χ2v) is 5.86. The predicted molar refractivity (Wildman–Crippen MR) is 103 cm³/mol. The zero-order valence-corrected chi connectivity index (χ0v) is 15.0. The molecule has 142 valence electrons. The van der Waals surface area contributed by atoms with E-state index in [0.29, 0.717) is 22.8 Å². The van der Waals surface area contributed by atoms with Gasteiger partial charge in [-0.15, -0.1) is 0 Å². The van der Waals surface area contributed by atoms with E-state index < -0.39 is 18.0 Å². The smallest absolute Gasteiger partial charge is 0.336 e. The number of carbonyl (C=O) groups is 2. The molecule has 0 spiro atoms. The molecule has 0 radical (unpaired) electrons. The Bertz CT molecular complexity index is 995. The monoisotopic (exact) mass is 378 g/mol. The van der Waals surface area contributed by atoms with Gasteiger partial charge in [-0.3, -0.25) is 4.79 Å². The van der Waals surface area contributed by atoms with E-state index in [9.17, 15) is 14.7 Å². The van der Waals surface area contributed by atoms with E-state index >= 15 is 0 Å². The summed E-state index contributed by atoms with van der Waals surface area (Å²) in [6.45, 7) is 1.62. The molecule has 3 rings (SSSR count). The third kappa shape index (κ3) is 4.64. The van der Waals surface area contributed by atoms with Gasteiger partial charge in [0.1, 0.15) is 17.3 Å². The van der Waals surface area contributed by atoms with Crippen molar-refractivity contribution in [2.45, 2.75) is 13.0 Å². The van der Waals surface area contributed by atoms with Gasteiger partial charge in [0.2, 0.25) is 0 Å². The van der Waals surface area contributed by atoms with Crippen molar-refractivity contribution in [2.75, 3.05) is 0 Å². The highest BCUT2D eigenvalue weighted by molar-refractivity contribution is 5.95. The fourth-order valence-electron chi connectivity index (χ4n) is 2.46. The molecule has 0 fully saturated rings. The largest absolute Gasteiger partial charge is 0.481 e. The van der Waals surface area contributed by atoms with Gasteiger partial charge >= 0.3 is 5.97 Å². The number of aromatic carboxylic acids is 1. The summed E-state index contributed by atoms with van der Waals surface area (Å²) in [7, 11) is 0. The molecule has 0 saturated heterocycles. The van der Waals surface area contributed by atoms with E-state index in [-0.39, 0.29) is 5.56 Å². The first-order valence-corrected chi connectivity index (χ1v) is 8.52. The highest BCUT2D eigenvalue weighted by Gasteiger charge is 2.15. The number of nitrogens with one attached hydrogen (secondary N) is 1. The first-order valence-electron chi connectivity index (χ1n) is 8.52. The van der Waals surface area contributed by atoms with Crippen molar-refractivity contribution in [1.29, 1.82) is 0 Å². The fourth-order valence-corrected chi connectivity index (χ4v) is 2.46. The molecule has 2 aromatic carbocycles. The van der Waals surface area contributed by atoms with Crippen LogP contribution in [0.15, 0.2) is 76.2 Å². The van der Waals surface area contributed by atoms with Gasteiger partial charge in [-0.2, -0.15) is 5.10 Å². The number of carbonyl (C=O) groups excluding carboxylic acids is 1. The highest BCUT2D eigenvalue weighted by atomic mass is 16.5. The Morgan fingerprint density at radius 2 is 1.79 bits per heavy atom. The summed E-state index contributed by atoms with van der Waals surface area (Å²) >= 11 is 0. The number of furan rings is 1. The van der Waals surface area contributed by atoms with Crippen molar-refractivity contribution in [3.05, 3.63) is 78.1 Å². The van der Waals surface area contributed by atoms with Crippen LogP contribution in [0.5, 0.6) is 5.75 Å². The number of hydrogen-bond acceptors (Lipinski definition) is 5. The summed E-state index contributed by atoms with van der Waals surface area (Å²) < 4.78 is 11.1. The van der Waals surface area contributed by atoms with E-state index in [1.54, 1.807) is 49.4 Å². The summed E-state index contributed by atoms with van der Waals surface area (Å²) in [6.07, 6.45) is 0.606. The van der Waals surface area contributed by atoms with Crippen LogP contribution in [0.4, 0.5) is 0 Å². The molecule has 0 aliphatic rings. The van der Waals surface area contributed by atoms with Crippen molar-refractivity contribution < 1.29 is 23.8 Å². The van der Waals surface area contributed by atoms with Gasteiger partial charge in [0, 0.05) is 5.56 Å². The Morgan fingerprint density at radius 3 is 2.54 bits per heavy atom. The van der Waals surface area contributed by atoms with Crippen LogP contribution in [0.1, 0.15) is 23.0 Å². The van der Waals surface area contributed by atoms with Crippen LogP contribution in [0.2, 0.25) is 0 Å². The van der Waals surface area contributed by atoms with Crippen LogP contribution < -0.4 is 10.2 Å². The Balaban J connectivity index is 1.61. The van der Waals surface area contributed by atoms with Crippen LogP contribution in [0.25, 0.3) is 11.3 Å². The molecule has 7 nitrogen and oxygen atoms in total. The van der Waals surface area contributed by atoms with Crippen molar-refractivity contribution in [3.8, 4) is 17.1 Å². The average Bonchev–Trinajstić information content (AvgIpc) is 3.17. The Morgan fingerprint density at radius 1 is 1.07 bits per heavy atom. The quantitative estimate of drug-likeness (QED) is 0.483. The molecule has 1 amide bonds. The summed E-state index contributed by atoms with van der Waals surface area (Å²) in [4.78, 5) is 23.4. The van der Waals surface area contributed by atoms with Crippen molar-refractivity contribution >= 4 is 18.1 Å². The Kier molecular flexibility index (Phi) is 5.86. The molecule has 0 aliphatic carbocycles. The summed E-state index contributed by atoms with van der Waals surface area (Å²) in [5, 5.41) is 13.1. The topological polar surface area (TPSA) is 101 Å². The minimum Gasteiger partial charge on any atom is -0.481 e. The summed E-state index contributed by atoms with van der Waals surface area (Å²) in [5.41, 5.74) is 2.98. The van der Waals surface area contributed by atoms with Crippen molar-refractivity contribution in [1.82, 2.24) is 5.43 Å². The molecular formula is C21H18N2O5. The molecule has 0 aliphatic heterocycles. The van der Waals surface area contributed by atoms with Gasteiger partial charge < -0.3 is 14.3 Å². The summed E-state index contributed by atoms with van der Waals surface area (Å²) in [5.74, 6) is -0.106. The zero-order chi connectivity index (χ0) is 19.9. The van der Waals surface area contributed by atoms with Gasteiger partial charge in [0.05, 0.1) is 11.8 Å². The van der Waals surface area contributed by atoms with Crippen LogP contribution in [-0.4, -0.2) is 29.3 Å². The van der Waals surface area contributed by atoms with E-state index in [4.69, 9.17) is 9.15 Å². The minimum atomic E-state index is -1.04. The fraction of sp³-hybridized carbons (Fsp3) is 0.0952. The number of benzene rings is 2. The SMILES string of the molecule is C[C@@H](Oc1ccccc1)C(=O)N/N=C\c1ccc(-c2ccccc2C(=O)O)o1. The molecule has 28 heavy (non-hydrogen) atoms. The number of ether oxygens (including phenoxy) is 1. The lowest BCUT2D eigenvalue weighted by Gasteiger charge is -2.12. The van der Waals surface area contributed by atoms with E-state index in [2.05, 4.69) is 10.5 Å². The molecule has 0 saturated carbocycles. The van der Waals surface area contributed by atoms with Crippen molar-refractivity contribution in [3.63, 3.8) is 0 Å². The number of hydrogen-bond donors (Lipinski definition) is 2. The normalized spacial score (nSPS) is 11.9. The minimum absolute atomic E-state index is 0.139. The first kappa shape index (κ1) is 18.9. The number of rotatable bonds is 7. The maximum Gasteiger partial charge on any atom is 0.336 e. The van der Waals surface area contributed by atoms with E-state index in [0.717, 1.165) is 0 Å². The Hall–Kier alpha value is -3.87. The number of carboxylic acid groups (broad SMARTS) is 1. The second kappa shape index (κ2) is 8.68. The number of amides is 1. The number of hydrazone groups is 1. The van der Waals surface area contributed by atoms with Gasteiger partial charge in [-0.25, -0.2) is 10.2 Å². The molecule has 1 aromatic heterocycles. The van der Waals surface area contributed by atoms with Crippen LogP contribution in [0, 0.1) is 0 Å². The molecule has 2 N–H and O–H groups in total. The molecule has 0 unspecified atom stereocenters. The van der Waals surface area contributed by atoms with E-state index in [1.165, 1.54) is 12.3 Å². The van der Waals surface area contributed by atoms with Crippen LogP contribution >= 0.6 is 0 Å². The van der Waals surface area contributed by atoms with Crippen LogP contribution in [-0.2, 0) is 4.79 Å². The Labute approximate surface area is 161 Å². The lowest BCUT2D eigenvalue weighted by Crippen LogP contribution is -2.33. The maximum absolute atomic E-state index is 12.0. The number of nitrogens with zero attached hydrogens (tertiary/aromatic N) is 1. The molecule has 3 aromatic rings. The second-order valence-electron chi connectivity index (χ2n) is 5.86. The van der Waals surface area contributed by atoms with Gasteiger partial charge in [0.25, 0.3) is 5.91 Å². The molecular weight excluding hydrogens is 360 g/mol. The first-order chi connectivity index (χ1) is 13.5. The highest BCUT2D eigenvalue weighted by Crippen LogP contribution is 2.25. The maximum atomic E-state index is 12.0. The number of carboxylic acids is 1. The third-order valence-electron chi connectivity index (χ3n) is 3.84. The standard InChI is InChI=1S/C21H18N2O5/c1-14(27-15-7-3-2-4-8-15)20(24)23-22-13-16-11-12-19(28-16)17-9-5-6-10-18(17)21(25)26/h2-14H,1H3,(H,23,24)(H,25,26)/b22-13-/t14-/m1/s1. The third-order valence-corrected chi connectivity index (χ3v) is 3.84.